The molecule has 0 fully saturated rings. The number of aliphatic carboxylic acids is 1. The number of nitrogens with zero attached hydrogens (tertiary/aromatic N) is 1. The molecule has 174 valence electrons. The van der Waals surface area contributed by atoms with E-state index < -0.39 is 12.1 Å². The first kappa shape index (κ1) is 24.9. The second-order valence-corrected chi connectivity index (χ2v) is 6.36. The number of anilines is 1. The number of esters is 1. The lowest BCUT2D eigenvalue weighted by molar-refractivity contribution is -0.192. The van der Waals surface area contributed by atoms with Gasteiger partial charge in [-0.15, -0.1) is 0 Å². The molecule has 3 aromatic rings. The summed E-state index contributed by atoms with van der Waals surface area (Å²) in [5.41, 5.74) is 4.03. The Bertz CT molecular complexity index is 1070. The Balaban J connectivity index is 0.000000479. The molecule has 0 bridgehead atoms. The van der Waals surface area contributed by atoms with E-state index in [9.17, 15) is 22.8 Å². The molecule has 2 aromatic carbocycles. The van der Waals surface area contributed by atoms with Crippen LogP contribution in [-0.2, 0) is 16.1 Å². The molecule has 33 heavy (non-hydrogen) atoms. The normalized spacial score (nSPS) is 10.4. The highest BCUT2D eigenvalue weighted by Crippen LogP contribution is 2.20. The summed E-state index contributed by atoms with van der Waals surface area (Å²) in [4.78, 5) is 32.3. The SMILES string of the molecule is COC(=O)c1ccc(CNC(=O)Nc2ccc(-c3cn[nH]c3)cc2)cc1.O=C(O)C(F)(F)F. The molecule has 0 radical (unpaired) electrons. The number of carboxylic acid groups (broad SMARTS) is 1. The van der Waals surface area contributed by atoms with Crippen molar-refractivity contribution in [2.24, 2.45) is 0 Å². The van der Waals surface area contributed by atoms with Crippen LogP contribution in [0.1, 0.15) is 15.9 Å². The number of amides is 2. The number of alkyl halides is 3. The molecule has 0 saturated carbocycles. The number of nitrogens with one attached hydrogen (secondary N) is 3. The Morgan fingerprint density at radius 3 is 2.12 bits per heavy atom. The maximum Gasteiger partial charge on any atom is 0.490 e. The van der Waals surface area contributed by atoms with E-state index in [4.69, 9.17) is 9.90 Å². The number of halogens is 3. The number of carbonyl (C=O) groups excluding carboxylic acids is 2. The summed E-state index contributed by atoms with van der Waals surface area (Å²) in [5, 5.41) is 19.3. The molecule has 9 nitrogen and oxygen atoms in total. The van der Waals surface area contributed by atoms with E-state index >= 15 is 0 Å². The Kier molecular flexibility index (Phi) is 8.55. The third-order valence-electron chi connectivity index (χ3n) is 4.04. The van der Waals surface area contributed by atoms with E-state index in [0.717, 1.165) is 16.7 Å². The minimum absolute atomic E-state index is 0.307. The zero-order chi connectivity index (χ0) is 24.4. The molecule has 1 heterocycles. The molecule has 0 unspecified atom stereocenters. The van der Waals surface area contributed by atoms with Gasteiger partial charge in [-0.2, -0.15) is 18.3 Å². The van der Waals surface area contributed by atoms with Crippen LogP contribution < -0.4 is 10.6 Å². The highest BCUT2D eigenvalue weighted by molar-refractivity contribution is 5.90. The molecule has 0 spiro atoms. The van der Waals surface area contributed by atoms with Crippen molar-refractivity contribution in [3.63, 3.8) is 0 Å². The first-order valence-corrected chi connectivity index (χ1v) is 9.21. The third kappa shape index (κ3) is 8.01. The highest BCUT2D eigenvalue weighted by Gasteiger charge is 2.38. The number of carboxylic acids is 1. The molecule has 0 aliphatic heterocycles. The van der Waals surface area contributed by atoms with E-state index in [1.165, 1.54) is 7.11 Å². The van der Waals surface area contributed by atoms with Crippen LogP contribution in [0.5, 0.6) is 0 Å². The number of hydrogen-bond acceptors (Lipinski definition) is 5. The maximum atomic E-state index is 12.0. The Labute approximate surface area is 185 Å². The predicted octanol–water partition coefficient (Wildman–Crippen LogP) is 3.82. The molecule has 3 rings (SSSR count). The van der Waals surface area contributed by atoms with Gasteiger partial charge in [-0.3, -0.25) is 5.10 Å². The number of aromatic nitrogens is 2. The molecular weight excluding hydrogens is 445 g/mol. The summed E-state index contributed by atoms with van der Waals surface area (Å²) >= 11 is 0. The molecule has 0 aliphatic rings. The predicted molar refractivity (Wildman–Crippen MR) is 111 cm³/mol. The van der Waals surface area contributed by atoms with E-state index in [-0.39, 0.29) is 12.0 Å². The molecule has 0 saturated heterocycles. The standard InChI is InChI=1S/C19H18N4O3.C2HF3O2/c1-26-18(24)15-4-2-13(3-5-15)10-20-19(25)23-17-8-6-14(7-9-17)16-11-21-22-12-16;3-2(4,5)1(6)7/h2-9,11-12H,10H2,1H3,(H,21,22)(H2,20,23,25);(H,6,7). The number of hydrogen-bond donors (Lipinski definition) is 4. The highest BCUT2D eigenvalue weighted by atomic mass is 19.4. The van der Waals surface area contributed by atoms with Crippen LogP contribution in [-0.4, -0.2) is 46.6 Å². The van der Waals surface area contributed by atoms with Crippen LogP contribution in [0.3, 0.4) is 0 Å². The van der Waals surface area contributed by atoms with Gasteiger partial charge < -0.3 is 20.5 Å². The molecule has 12 heteroatoms. The third-order valence-corrected chi connectivity index (χ3v) is 4.04. The number of methoxy groups -OCH3 is 1. The monoisotopic (exact) mass is 464 g/mol. The van der Waals surface area contributed by atoms with E-state index in [2.05, 4.69) is 25.6 Å². The zero-order valence-electron chi connectivity index (χ0n) is 17.1. The summed E-state index contributed by atoms with van der Waals surface area (Å²) in [6.07, 6.45) is -1.54. The molecule has 0 atom stereocenters. The van der Waals surface area contributed by atoms with Crippen LogP contribution in [0.25, 0.3) is 11.1 Å². The first-order chi connectivity index (χ1) is 15.6. The van der Waals surface area contributed by atoms with Crippen molar-refractivity contribution in [3.05, 3.63) is 72.1 Å². The van der Waals surface area contributed by atoms with Gasteiger partial charge in [0.15, 0.2) is 0 Å². The number of benzene rings is 2. The lowest BCUT2D eigenvalue weighted by Gasteiger charge is -2.09. The number of H-pyrrole nitrogens is 1. The molecule has 0 aliphatic carbocycles. The Hall–Kier alpha value is -4.35. The number of rotatable bonds is 5. The van der Waals surface area contributed by atoms with E-state index in [1.54, 1.807) is 36.7 Å². The van der Waals surface area contributed by atoms with Crippen LogP contribution in [0, 0.1) is 0 Å². The summed E-state index contributed by atoms with van der Waals surface area (Å²) in [6.45, 7) is 0.348. The van der Waals surface area contributed by atoms with E-state index in [1.807, 2.05) is 24.3 Å². The topological polar surface area (TPSA) is 133 Å². The smallest absolute Gasteiger partial charge is 0.475 e. The van der Waals surface area contributed by atoms with Gasteiger partial charge >= 0.3 is 24.1 Å². The van der Waals surface area contributed by atoms with Crippen molar-refractivity contribution < 1.29 is 37.4 Å². The van der Waals surface area contributed by atoms with Gasteiger partial charge in [0.25, 0.3) is 0 Å². The summed E-state index contributed by atoms with van der Waals surface area (Å²) < 4.78 is 36.4. The summed E-state index contributed by atoms with van der Waals surface area (Å²) in [6, 6.07) is 14.0. The fraction of sp³-hybridized carbons (Fsp3) is 0.143. The Morgan fingerprint density at radius 2 is 1.64 bits per heavy atom. The van der Waals surface area contributed by atoms with Crippen molar-refractivity contribution in [3.8, 4) is 11.1 Å². The quantitative estimate of drug-likeness (QED) is 0.424. The number of aromatic amines is 1. The zero-order valence-corrected chi connectivity index (χ0v) is 17.1. The van der Waals surface area contributed by atoms with Crippen LogP contribution in [0.2, 0.25) is 0 Å². The van der Waals surface area contributed by atoms with Gasteiger partial charge in [-0.1, -0.05) is 24.3 Å². The minimum Gasteiger partial charge on any atom is -0.475 e. The van der Waals surface area contributed by atoms with Crippen molar-refractivity contribution in [1.29, 1.82) is 0 Å². The average molecular weight is 464 g/mol. The average Bonchev–Trinajstić information content (AvgIpc) is 3.33. The maximum absolute atomic E-state index is 12.0. The first-order valence-electron chi connectivity index (χ1n) is 9.21. The number of carbonyl (C=O) groups is 3. The van der Waals surface area contributed by atoms with Crippen LogP contribution in [0.15, 0.2) is 60.9 Å². The van der Waals surface area contributed by atoms with Crippen LogP contribution in [0.4, 0.5) is 23.7 Å². The second kappa shape index (κ2) is 11.3. The van der Waals surface area contributed by atoms with E-state index in [0.29, 0.717) is 17.8 Å². The van der Waals surface area contributed by atoms with Crippen LogP contribution >= 0.6 is 0 Å². The molecular formula is C21H19F3N4O5. The molecule has 4 N–H and O–H groups in total. The molecule has 1 aromatic heterocycles. The fourth-order valence-electron chi connectivity index (χ4n) is 2.39. The lowest BCUT2D eigenvalue weighted by atomic mass is 10.1. The van der Waals surface area contributed by atoms with Gasteiger partial charge in [0.1, 0.15) is 0 Å². The fourth-order valence-corrected chi connectivity index (χ4v) is 2.39. The minimum atomic E-state index is -5.08. The number of urea groups is 1. The summed E-state index contributed by atoms with van der Waals surface area (Å²) in [7, 11) is 1.34. The second-order valence-electron chi connectivity index (χ2n) is 6.36. The Morgan fingerprint density at radius 1 is 1.03 bits per heavy atom. The summed E-state index contributed by atoms with van der Waals surface area (Å²) in [5.74, 6) is -3.14. The van der Waals surface area contributed by atoms with Gasteiger partial charge in [-0.25, -0.2) is 14.4 Å². The van der Waals surface area contributed by atoms with Gasteiger partial charge in [0.2, 0.25) is 0 Å². The van der Waals surface area contributed by atoms with Crippen molar-refractivity contribution in [2.45, 2.75) is 12.7 Å². The molecule has 2 amide bonds. The number of ether oxygens (including phenoxy) is 1. The van der Waals surface area contributed by atoms with Crippen molar-refractivity contribution in [2.75, 3.05) is 12.4 Å². The van der Waals surface area contributed by atoms with Gasteiger partial charge in [0.05, 0.1) is 18.9 Å². The lowest BCUT2D eigenvalue weighted by Crippen LogP contribution is -2.28. The van der Waals surface area contributed by atoms with Crippen molar-refractivity contribution in [1.82, 2.24) is 15.5 Å². The van der Waals surface area contributed by atoms with Gasteiger partial charge in [0, 0.05) is 24.0 Å². The van der Waals surface area contributed by atoms with Crippen molar-refractivity contribution >= 4 is 23.7 Å². The largest absolute Gasteiger partial charge is 0.490 e. The van der Waals surface area contributed by atoms with Gasteiger partial charge in [-0.05, 0) is 35.4 Å².